The molecule has 0 spiro atoms. The predicted molar refractivity (Wildman–Crippen MR) is 354 cm³/mol. The summed E-state index contributed by atoms with van der Waals surface area (Å²) in [5.41, 5.74) is 0. The smallest absolute Gasteiger partial charge is 0.462 e. The number of carbonyl (C=O) groups excluding carboxylic acids is 4. The Bertz CT molecular complexity index is 1720. The van der Waals surface area contributed by atoms with Crippen molar-refractivity contribution in [2.24, 2.45) is 11.8 Å². The molecule has 0 amide bonds. The molecular formula is C69H134O17P2. The number of hydrogen-bond donors (Lipinski definition) is 3. The minimum atomic E-state index is -4.95. The van der Waals surface area contributed by atoms with Crippen LogP contribution in [0, 0.1) is 11.8 Å². The van der Waals surface area contributed by atoms with E-state index in [0.717, 1.165) is 115 Å². The Labute approximate surface area is 537 Å². The standard InChI is InChI=1S/C69H134O17P2/c1-7-10-12-14-15-34-41-47-53-68(73)85-64(57-79-66(71)51-45-37-13-11-8-2)59-83-87(75,76)81-55-63(70)56-82-88(77,78)84-60-65(58-80-67(72)52-46-40-35-30-26-22-18-16-20-24-28-32-38-43-49-61(4)5)86-69(74)54-48-42-36-31-27-23-19-17-21-25-29-33-39-44-50-62(6)9-3/h61-65,70H,7-60H2,1-6H3,(H,75,76)(H,77,78)/t62?,63-,64+,65+/m0/s1. The van der Waals surface area contributed by atoms with Gasteiger partial charge in [0.25, 0.3) is 0 Å². The second kappa shape index (κ2) is 61.3. The molecule has 0 aromatic carbocycles. The van der Waals surface area contributed by atoms with E-state index in [4.69, 9.17) is 37.0 Å². The summed E-state index contributed by atoms with van der Waals surface area (Å²) < 4.78 is 67.9. The molecule has 522 valence electrons. The van der Waals surface area contributed by atoms with Crippen LogP contribution in [0.25, 0.3) is 0 Å². The molecular weight excluding hydrogens is 1160 g/mol. The fourth-order valence-electron chi connectivity index (χ4n) is 10.4. The molecule has 3 N–H and O–H groups in total. The lowest BCUT2D eigenvalue weighted by Crippen LogP contribution is -2.30. The fourth-order valence-corrected chi connectivity index (χ4v) is 12.0. The van der Waals surface area contributed by atoms with E-state index in [0.29, 0.717) is 25.7 Å². The van der Waals surface area contributed by atoms with Crippen molar-refractivity contribution in [1.82, 2.24) is 0 Å². The lowest BCUT2D eigenvalue weighted by atomic mass is 9.99. The van der Waals surface area contributed by atoms with E-state index in [1.165, 1.54) is 154 Å². The van der Waals surface area contributed by atoms with Gasteiger partial charge in [0.15, 0.2) is 12.2 Å². The van der Waals surface area contributed by atoms with Crippen LogP contribution < -0.4 is 0 Å². The molecule has 0 heterocycles. The SMILES string of the molecule is CCCCCCCCCCC(=O)O[C@H](COC(=O)CCCCCCC)COP(=O)(O)OC[C@H](O)COP(=O)(O)OC[C@@H](COC(=O)CCCCCCCCCCCCCCCCC(C)C)OC(=O)CCCCCCCCCCCCCCCCC(C)CC. The molecule has 0 aromatic heterocycles. The molecule has 0 aliphatic rings. The molecule has 3 unspecified atom stereocenters. The summed E-state index contributed by atoms with van der Waals surface area (Å²) >= 11 is 0. The van der Waals surface area contributed by atoms with Crippen molar-refractivity contribution in [3.8, 4) is 0 Å². The molecule has 17 nitrogen and oxygen atoms in total. The van der Waals surface area contributed by atoms with Gasteiger partial charge < -0.3 is 33.8 Å². The fraction of sp³-hybridized carbons (Fsp3) is 0.942. The number of aliphatic hydroxyl groups excluding tert-OH is 1. The Morgan fingerprint density at radius 3 is 0.864 bits per heavy atom. The van der Waals surface area contributed by atoms with Crippen LogP contribution in [0.4, 0.5) is 0 Å². The monoisotopic (exact) mass is 1300 g/mol. The average Bonchev–Trinajstić information content (AvgIpc) is 3.62. The quantitative estimate of drug-likeness (QED) is 0.0222. The summed E-state index contributed by atoms with van der Waals surface area (Å²) in [5.74, 6) is -0.494. The van der Waals surface area contributed by atoms with Gasteiger partial charge in [0.1, 0.15) is 19.3 Å². The van der Waals surface area contributed by atoms with Gasteiger partial charge in [-0.25, -0.2) is 9.13 Å². The number of aliphatic hydroxyl groups is 1. The number of esters is 4. The molecule has 0 radical (unpaired) electrons. The Morgan fingerprint density at radius 2 is 0.580 bits per heavy atom. The molecule has 0 aliphatic heterocycles. The lowest BCUT2D eigenvalue weighted by molar-refractivity contribution is -0.161. The number of carbonyl (C=O) groups is 4. The number of ether oxygens (including phenoxy) is 4. The first-order valence-electron chi connectivity index (χ1n) is 36.0. The van der Waals surface area contributed by atoms with Gasteiger partial charge in [-0.2, -0.15) is 0 Å². The third kappa shape index (κ3) is 61.6. The van der Waals surface area contributed by atoms with Gasteiger partial charge >= 0.3 is 39.5 Å². The molecule has 88 heavy (non-hydrogen) atoms. The second-order valence-electron chi connectivity index (χ2n) is 25.6. The van der Waals surface area contributed by atoms with E-state index in [9.17, 15) is 43.2 Å². The van der Waals surface area contributed by atoms with Crippen LogP contribution >= 0.6 is 15.6 Å². The summed E-state index contributed by atoms with van der Waals surface area (Å²) in [5, 5.41) is 10.5. The van der Waals surface area contributed by atoms with Gasteiger partial charge in [0.05, 0.1) is 26.4 Å². The van der Waals surface area contributed by atoms with Gasteiger partial charge in [-0.1, -0.05) is 298 Å². The zero-order valence-electron chi connectivity index (χ0n) is 57.0. The highest BCUT2D eigenvalue weighted by Gasteiger charge is 2.30. The zero-order valence-corrected chi connectivity index (χ0v) is 58.8. The van der Waals surface area contributed by atoms with E-state index in [2.05, 4.69) is 41.5 Å². The normalized spacial score (nSPS) is 14.5. The third-order valence-electron chi connectivity index (χ3n) is 16.3. The molecule has 19 heteroatoms. The van der Waals surface area contributed by atoms with Gasteiger partial charge in [-0.05, 0) is 37.5 Å². The molecule has 0 aliphatic carbocycles. The maximum Gasteiger partial charge on any atom is 0.472 e. The maximum atomic E-state index is 13.0. The summed E-state index contributed by atoms with van der Waals surface area (Å²) in [6.45, 7) is 9.50. The molecule has 0 saturated carbocycles. The van der Waals surface area contributed by atoms with Crippen LogP contribution in [0.2, 0.25) is 0 Å². The van der Waals surface area contributed by atoms with E-state index in [1.807, 2.05) is 0 Å². The number of phosphoric ester groups is 2. The van der Waals surface area contributed by atoms with Gasteiger partial charge in [-0.3, -0.25) is 37.3 Å². The molecule has 6 atom stereocenters. The van der Waals surface area contributed by atoms with E-state index >= 15 is 0 Å². The highest BCUT2D eigenvalue weighted by atomic mass is 31.2. The Balaban J connectivity index is 5.13. The summed E-state index contributed by atoms with van der Waals surface area (Å²) in [6, 6.07) is 0. The first kappa shape index (κ1) is 86.1. The molecule has 0 bridgehead atoms. The van der Waals surface area contributed by atoms with Crippen molar-refractivity contribution in [1.29, 1.82) is 0 Å². The van der Waals surface area contributed by atoms with Crippen LogP contribution in [-0.2, 0) is 65.4 Å². The number of hydrogen-bond acceptors (Lipinski definition) is 15. The Morgan fingerprint density at radius 1 is 0.330 bits per heavy atom. The number of unbranched alkanes of at least 4 members (excludes halogenated alkanes) is 37. The minimum absolute atomic E-state index is 0.104. The number of rotatable bonds is 68. The van der Waals surface area contributed by atoms with Crippen molar-refractivity contribution >= 4 is 39.5 Å². The van der Waals surface area contributed by atoms with Crippen molar-refractivity contribution < 1.29 is 80.2 Å². The van der Waals surface area contributed by atoms with Crippen molar-refractivity contribution in [2.45, 2.75) is 368 Å². The molecule has 0 rings (SSSR count). The van der Waals surface area contributed by atoms with Crippen LogP contribution in [0.5, 0.6) is 0 Å². The summed E-state index contributed by atoms with van der Waals surface area (Å²) in [4.78, 5) is 72.1. The molecule has 0 saturated heterocycles. The van der Waals surface area contributed by atoms with Crippen LogP contribution in [0.1, 0.15) is 350 Å². The van der Waals surface area contributed by atoms with Gasteiger partial charge in [0.2, 0.25) is 0 Å². The van der Waals surface area contributed by atoms with E-state index < -0.39 is 97.5 Å². The van der Waals surface area contributed by atoms with Crippen LogP contribution in [-0.4, -0.2) is 96.7 Å². The average molecular weight is 1300 g/mol. The minimum Gasteiger partial charge on any atom is -0.462 e. The van der Waals surface area contributed by atoms with Crippen LogP contribution in [0.15, 0.2) is 0 Å². The zero-order chi connectivity index (χ0) is 65.0. The summed E-state index contributed by atoms with van der Waals surface area (Å²) in [7, 11) is -9.88. The summed E-state index contributed by atoms with van der Waals surface area (Å²) in [6.07, 6.45) is 46.3. The second-order valence-corrected chi connectivity index (χ2v) is 28.5. The lowest BCUT2D eigenvalue weighted by Gasteiger charge is -2.21. The molecule has 0 aromatic rings. The molecule has 0 fully saturated rings. The maximum absolute atomic E-state index is 13.0. The Kier molecular flexibility index (Phi) is 59.9. The Hall–Kier alpha value is -1.94. The van der Waals surface area contributed by atoms with Crippen molar-refractivity contribution in [3.63, 3.8) is 0 Å². The topological polar surface area (TPSA) is 237 Å². The number of phosphoric acid groups is 2. The highest BCUT2D eigenvalue weighted by Crippen LogP contribution is 2.45. The predicted octanol–water partition coefficient (Wildman–Crippen LogP) is 19.6. The van der Waals surface area contributed by atoms with Gasteiger partial charge in [-0.15, -0.1) is 0 Å². The van der Waals surface area contributed by atoms with Crippen LogP contribution in [0.3, 0.4) is 0 Å². The van der Waals surface area contributed by atoms with Gasteiger partial charge in [0, 0.05) is 25.7 Å². The van der Waals surface area contributed by atoms with E-state index in [1.54, 1.807) is 0 Å². The first-order chi connectivity index (χ1) is 42.4. The van der Waals surface area contributed by atoms with Crippen molar-refractivity contribution in [2.75, 3.05) is 39.6 Å². The van der Waals surface area contributed by atoms with Crippen molar-refractivity contribution in [3.05, 3.63) is 0 Å². The van der Waals surface area contributed by atoms with E-state index in [-0.39, 0.29) is 25.7 Å². The largest absolute Gasteiger partial charge is 0.472 e. The highest BCUT2D eigenvalue weighted by molar-refractivity contribution is 7.47. The first-order valence-corrected chi connectivity index (χ1v) is 39.0. The third-order valence-corrected chi connectivity index (χ3v) is 18.2.